The predicted octanol–water partition coefficient (Wildman–Crippen LogP) is 4.45. The summed E-state index contributed by atoms with van der Waals surface area (Å²) < 4.78 is 38.7. The molecule has 1 spiro atoms. The van der Waals surface area contributed by atoms with Gasteiger partial charge in [0.25, 0.3) is 0 Å². The van der Waals surface area contributed by atoms with E-state index in [1.54, 1.807) is 34.0 Å². The van der Waals surface area contributed by atoms with Crippen molar-refractivity contribution < 1.29 is 57.4 Å². The number of aliphatic hydroxyl groups is 1. The maximum absolute atomic E-state index is 13.5. The highest BCUT2D eigenvalue weighted by atomic mass is 16.7. The fraction of sp³-hybridized carbons (Fsp3) is 0.647. The Balaban J connectivity index is 1.36. The van der Waals surface area contributed by atoms with Crippen molar-refractivity contribution in [3.05, 3.63) is 35.1 Å². The van der Waals surface area contributed by atoms with Crippen molar-refractivity contribution in [3.63, 3.8) is 0 Å². The standard InChI is InChI=1S/C34H44O12/c1-18(2)17-41-29(36)19(3)42-30(37)24(44-31(38)46-32(4,5)6)16-25(35)43-23-12-14-34(39)21-9-8-13-33(34)26-20(15-21)10-11-22(40-7)27(26)45-28(23)33/h10-12,18-19,21,24,28,39H,8-9,13-17H2,1-7H3/t19-,21+,24-,28-,33-,34+/m0/s1. The monoisotopic (exact) mass is 644 g/mol. The van der Waals surface area contributed by atoms with Crippen LogP contribution in [0.2, 0.25) is 0 Å². The van der Waals surface area contributed by atoms with E-state index in [1.807, 2.05) is 26.0 Å². The summed E-state index contributed by atoms with van der Waals surface area (Å²) in [6.07, 6.45) is -0.926. The summed E-state index contributed by atoms with van der Waals surface area (Å²) in [4.78, 5) is 51.5. The normalized spacial score (nSPS) is 26.8. The highest BCUT2D eigenvalue weighted by molar-refractivity contribution is 5.86. The number of rotatable bonds is 10. The molecule has 252 valence electrons. The molecule has 1 fully saturated rings. The minimum Gasteiger partial charge on any atom is -0.493 e. The summed E-state index contributed by atoms with van der Waals surface area (Å²) in [5.74, 6) is -1.54. The van der Waals surface area contributed by atoms with E-state index in [0.717, 1.165) is 24.0 Å². The van der Waals surface area contributed by atoms with E-state index in [1.165, 1.54) is 6.92 Å². The summed E-state index contributed by atoms with van der Waals surface area (Å²) in [5, 5.41) is 12.3. The van der Waals surface area contributed by atoms with Crippen LogP contribution in [0.4, 0.5) is 4.79 Å². The number of methoxy groups -OCH3 is 1. The van der Waals surface area contributed by atoms with Crippen molar-refractivity contribution in [1.82, 2.24) is 0 Å². The lowest BCUT2D eigenvalue weighted by Gasteiger charge is -2.59. The summed E-state index contributed by atoms with van der Waals surface area (Å²) in [6, 6.07) is 3.86. The molecule has 1 aromatic carbocycles. The number of benzene rings is 1. The molecular weight excluding hydrogens is 600 g/mol. The van der Waals surface area contributed by atoms with Crippen LogP contribution in [0.1, 0.15) is 84.8 Å². The molecule has 5 rings (SSSR count). The Morgan fingerprint density at radius 1 is 1.09 bits per heavy atom. The Morgan fingerprint density at radius 3 is 2.50 bits per heavy atom. The molecule has 0 unspecified atom stereocenters. The molecule has 3 aliphatic carbocycles. The molecule has 46 heavy (non-hydrogen) atoms. The minimum atomic E-state index is -1.79. The Labute approximate surface area is 268 Å². The molecule has 1 aliphatic heterocycles. The van der Waals surface area contributed by atoms with Gasteiger partial charge in [-0.2, -0.15) is 0 Å². The topological polar surface area (TPSA) is 153 Å². The molecule has 6 atom stereocenters. The summed E-state index contributed by atoms with van der Waals surface area (Å²) in [6.45, 7) is 9.98. The van der Waals surface area contributed by atoms with E-state index in [2.05, 4.69) is 0 Å². The zero-order chi connectivity index (χ0) is 33.6. The summed E-state index contributed by atoms with van der Waals surface area (Å²) in [5.41, 5.74) is -0.937. The molecule has 0 saturated heterocycles. The number of hydrogen-bond donors (Lipinski definition) is 1. The molecule has 0 aromatic heterocycles. The van der Waals surface area contributed by atoms with Gasteiger partial charge in [-0.05, 0) is 82.9 Å². The average Bonchev–Trinajstić information content (AvgIpc) is 3.31. The molecular formula is C34H44O12. The van der Waals surface area contributed by atoms with Crippen molar-refractivity contribution in [2.24, 2.45) is 11.8 Å². The lowest BCUT2D eigenvalue weighted by molar-refractivity contribution is -0.176. The van der Waals surface area contributed by atoms with Gasteiger partial charge in [0, 0.05) is 5.56 Å². The lowest BCUT2D eigenvalue weighted by Crippen LogP contribution is -2.67. The third-order valence-corrected chi connectivity index (χ3v) is 9.13. The van der Waals surface area contributed by atoms with Crippen molar-refractivity contribution >= 4 is 24.1 Å². The van der Waals surface area contributed by atoms with Crippen LogP contribution < -0.4 is 9.47 Å². The minimum absolute atomic E-state index is 0.00305. The van der Waals surface area contributed by atoms with Crippen molar-refractivity contribution in [2.45, 2.75) is 115 Å². The van der Waals surface area contributed by atoms with Crippen LogP contribution in [-0.2, 0) is 49.9 Å². The number of esters is 3. The SMILES string of the molecule is COc1ccc2c3c1O[C@H]1C(OC(=O)C[C@H](OC(=O)OC(C)(C)C)C(=O)O[C@@H](C)C(=O)OCC(C)C)=CC[C@@]4(O)[C@H](CCC[C@]314)C2. The first-order valence-electron chi connectivity index (χ1n) is 15.9. The van der Waals surface area contributed by atoms with Gasteiger partial charge in [0.1, 0.15) is 11.4 Å². The van der Waals surface area contributed by atoms with Crippen LogP contribution in [0.3, 0.4) is 0 Å². The molecule has 2 bridgehead atoms. The van der Waals surface area contributed by atoms with Gasteiger partial charge >= 0.3 is 24.1 Å². The van der Waals surface area contributed by atoms with Crippen molar-refractivity contribution in [3.8, 4) is 11.5 Å². The second-order valence-electron chi connectivity index (χ2n) is 14.0. The van der Waals surface area contributed by atoms with Crippen LogP contribution in [0.15, 0.2) is 24.0 Å². The number of ether oxygens (including phenoxy) is 7. The Kier molecular flexibility index (Phi) is 9.07. The second-order valence-corrected chi connectivity index (χ2v) is 14.0. The largest absolute Gasteiger partial charge is 0.509 e. The summed E-state index contributed by atoms with van der Waals surface area (Å²) in [7, 11) is 1.55. The molecule has 0 radical (unpaired) electrons. The highest BCUT2D eigenvalue weighted by Gasteiger charge is 2.71. The van der Waals surface area contributed by atoms with Crippen molar-refractivity contribution in [1.29, 1.82) is 0 Å². The molecule has 1 saturated carbocycles. The number of hydrogen-bond acceptors (Lipinski definition) is 12. The third-order valence-electron chi connectivity index (χ3n) is 9.13. The van der Waals surface area contributed by atoms with Gasteiger partial charge in [0.05, 0.1) is 31.2 Å². The Bertz CT molecular complexity index is 1420. The van der Waals surface area contributed by atoms with Gasteiger partial charge < -0.3 is 38.3 Å². The molecule has 12 heteroatoms. The lowest BCUT2D eigenvalue weighted by atomic mass is 9.47. The molecule has 12 nitrogen and oxygen atoms in total. The van der Waals surface area contributed by atoms with E-state index in [9.17, 15) is 24.3 Å². The molecule has 1 aromatic rings. The van der Waals surface area contributed by atoms with E-state index >= 15 is 0 Å². The number of carbonyl (C=O) groups excluding carboxylic acids is 4. The summed E-state index contributed by atoms with van der Waals surface area (Å²) >= 11 is 0. The Hall–Kier alpha value is -3.80. The van der Waals surface area contributed by atoms with Gasteiger partial charge in [0.2, 0.25) is 6.10 Å². The van der Waals surface area contributed by atoms with Crippen LogP contribution in [0, 0.1) is 11.8 Å². The Morgan fingerprint density at radius 2 is 1.83 bits per heavy atom. The zero-order valence-corrected chi connectivity index (χ0v) is 27.5. The van der Waals surface area contributed by atoms with Crippen LogP contribution >= 0.6 is 0 Å². The van der Waals surface area contributed by atoms with E-state index in [4.69, 9.17) is 33.2 Å². The second kappa shape index (κ2) is 12.4. The zero-order valence-electron chi connectivity index (χ0n) is 27.5. The van der Waals surface area contributed by atoms with Gasteiger partial charge in [-0.3, -0.25) is 4.79 Å². The fourth-order valence-corrected chi connectivity index (χ4v) is 7.23. The molecule has 1 heterocycles. The van der Waals surface area contributed by atoms with E-state index in [0.29, 0.717) is 24.3 Å². The van der Waals surface area contributed by atoms with E-state index in [-0.39, 0.29) is 30.6 Å². The molecule has 0 amide bonds. The van der Waals surface area contributed by atoms with Gasteiger partial charge in [-0.1, -0.05) is 26.3 Å². The maximum Gasteiger partial charge on any atom is 0.509 e. The van der Waals surface area contributed by atoms with Gasteiger partial charge in [0.15, 0.2) is 23.7 Å². The molecule has 4 aliphatic rings. The number of carbonyl (C=O) groups is 4. The van der Waals surface area contributed by atoms with E-state index < -0.39 is 65.4 Å². The third kappa shape index (κ3) is 6.03. The molecule has 1 N–H and O–H groups in total. The fourth-order valence-electron chi connectivity index (χ4n) is 7.23. The maximum atomic E-state index is 13.5. The van der Waals surface area contributed by atoms with Crippen LogP contribution in [0.25, 0.3) is 0 Å². The smallest absolute Gasteiger partial charge is 0.493 e. The highest BCUT2D eigenvalue weighted by Crippen LogP contribution is 2.67. The van der Waals surface area contributed by atoms with Gasteiger partial charge in [-0.25, -0.2) is 14.4 Å². The van der Waals surface area contributed by atoms with Crippen LogP contribution in [-0.4, -0.2) is 72.4 Å². The first kappa shape index (κ1) is 33.6. The predicted molar refractivity (Wildman–Crippen MR) is 161 cm³/mol. The van der Waals surface area contributed by atoms with Crippen molar-refractivity contribution in [2.75, 3.05) is 13.7 Å². The average molecular weight is 645 g/mol. The van der Waals surface area contributed by atoms with Gasteiger partial charge in [-0.15, -0.1) is 0 Å². The first-order valence-corrected chi connectivity index (χ1v) is 15.9. The quantitative estimate of drug-likeness (QED) is 0.283. The van der Waals surface area contributed by atoms with Crippen LogP contribution in [0.5, 0.6) is 11.5 Å². The first-order chi connectivity index (χ1) is 21.6.